The van der Waals surface area contributed by atoms with Crippen molar-refractivity contribution in [3.05, 3.63) is 36.5 Å². The summed E-state index contributed by atoms with van der Waals surface area (Å²) in [6.07, 6.45) is 34.0. The van der Waals surface area contributed by atoms with E-state index in [1.54, 1.807) is 0 Å². The van der Waals surface area contributed by atoms with Gasteiger partial charge in [0.2, 0.25) is 0 Å². The Morgan fingerprint density at radius 3 is 1.39 bits per heavy atom. The van der Waals surface area contributed by atoms with Gasteiger partial charge in [0, 0.05) is 0 Å². The maximum atomic E-state index is 2.36. The highest BCUT2D eigenvalue weighted by molar-refractivity contribution is 4.96. The van der Waals surface area contributed by atoms with Crippen LogP contribution in [0, 0.1) is 0 Å². The summed E-state index contributed by atoms with van der Waals surface area (Å²) >= 11 is 0. The molecule has 0 spiro atoms. The van der Waals surface area contributed by atoms with Gasteiger partial charge in [-0.05, 0) is 32.1 Å². The Labute approximate surface area is 147 Å². The van der Waals surface area contributed by atoms with E-state index in [4.69, 9.17) is 0 Å². The zero-order valence-corrected chi connectivity index (χ0v) is 16.1. The fourth-order valence-electron chi connectivity index (χ4n) is 2.75. The molecule has 0 saturated heterocycles. The lowest BCUT2D eigenvalue weighted by Crippen LogP contribution is -1.81. The number of rotatable bonds is 17. The molecule has 0 atom stereocenters. The predicted octanol–water partition coefficient (Wildman–Crippen LogP) is 8.55. The van der Waals surface area contributed by atoms with Crippen LogP contribution in [0.2, 0.25) is 0 Å². The van der Waals surface area contributed by atoms with Crippen molar-refractivity contribution < 1.29 is 0 Å². The number of hydrogen-bond acceptors (Lipinski definition) is 0. The standard InChI is InChI=1S/C23H42/c1-3-5-7-9-11-13-15-17-19-21-23-22-20-18-16-14-12-10-8-6-4-2/h5,7,11,13,17,19H,3-4,6,8-10,12,14-16,18,20-23H2,1-2H3. The molecule has 0 heterocycles. The van der Waals surface area contributed by atoms with Crippen LogP contribution in [0.3, 0.4) is 0 Å². The van der Waals surface area contributed by atoms with Crippen molar-refractivity contribution in [2.45, 2.75) is 110 Å². The van der Waals surface area contributed by atoms with Crippen LogP contribution >= 0.6 is 0 Å². The van der Waals surface area contributed by atoms with Crippen LogP contribution in [0.5, 0.6) is 0 Å². The Hall–Kier alpha value is -0.780. The second-order valence-corrected chi connectivity index (χ2v) is 6.62. The first-order chi connectivity index (χ1) is 11.4. The molecule has 134 valence electrons. The van der Waals surface area contributed by atoms with Crippen LogP contribution in [-0.2, 0) is 0 Å². The third kappa shape index (κ3) is 21.2. The molecule has 0 amide bonds. The molecule has 0 N–H and O–H groups in total. The van der Waals surface area contributed by atoms with Gasteiger partial charge in [-0.3, -0.25) is 0 Å². The molecule has 0 aliphatic heterocycles. The summed E-state index contributed by atoms with van der Waals surface area (Å²) in [6.45, 7) is 4.47. The Balaban J connectivity index is 3.14. The molecule has 0 aromatic heterocycles. The maximum absolute atomic E-state index is 2.36. The molecule has 0 aliphatic carbocycles. The molecular formula is C23H42. The monoisotopic (exact) mass is 318 g/mol. The van der Waals surface area contributed by atoms with E-state index in [9.17, 15) is 0 Å². The van der Waals surface area contributed by atoms with Crippen molar-refractivity contribution in [3.8, 4) is 0 Å². The molecular weight excluding hydrogens is 276 g/mol. The Bertz CT molecular complexity index is 282. The summed E-state index contributed by atoms with van der Waals surface area (Å²) in [6, 6.07) is 0. The van der Waals surface area contributed by atoms with Crippen molar-refractivity contribution in [2.75, 3.05) is 0 Å². The van der Waals surface area contributed by atoms with Gasteiger partial charge in [-0.2, -0.15) is 0 Å². The number of unbranched alkanes of at least 4 members (excludes halogenated alkanes) is 11. The van der Waals surface area contributed by atoms with Crippen molar-refractivity contribution in [3.63, 3.8) is 0 Å². The quantitative estimate of drug-likeness (QED) is 0.186. The largest absolute Gasteiger partial charge is 0.0885 e. The summed E-state index contributed by atoms with van der Waals surface area (Å²) in [5, 5.41) is 0. The smallest absolute Gasteiger partial charge is 0.0169 e. The highest BCUT2D eigenvalue weighted by Crippen LogP contribution is 2.12. The molecule has 0 rings (SSSR count). The van der Waals surface area contributed by atoms with E-state index >= 15 is 0 Å². The van der Waals surface area contributed by atoms with Gasteiger partial charge in [-0.1, -0.05) is 115 Å². The average molecular weight is 319 g/mol. The average Bonchev–Trinajstić information content (AvgIpc) is 2.57. The topological polar surface area (TPSA) is 0 Å². The van der Waals surface area contributed by atoms with Gasteiger partial charge in [0.25, 0.3) is 0 Å². The van der Waals surface area contributed by atoms with E-state index < -0.39 is 0 Å². The van der Waals surface area contributed by atoms with Gasteiger partial charge in [0.05, 0.1) is 0 Å². The molecule has 0 unspecified atom stereocenters. The Morgan fingerprint density at radius 2 is 0.870 bits per heavy atom. The molecule has 0 fully saturated rings. The Morgan fingerprint density at radius 1 is 0.435 bits per heavy atom. The molecule has 0 heteroatoms. The summed E-state index contributed by atoms with van der Waals surface area (Å²) in [4.78, 5) is 0. The van der Waals surface area contributed by atoms with Gasteiger partial charge < -0.3 is 0 Å². The molecule has 0 aromatic carbocycles. The van der Waals surface area contributed by atoms with E-state index in [-0.39, 0.29) is 0 Å². The van der Waals surface area contributed by atoms with E-state index in [2.05, 4.69) is 50.3 Å². The van der Waals surface area contributed by atoms with E-state index in [1.165, 1.54) is 77.0 Å². The minimum absolute atomic E-state index is 1.08. The lowest BCUT2D eigenvalue weighted by molar-refractivity contribution is 0.550. The van der Waals surface area contributed by atoms with Crippen molar-refractivity contribution in [1.29, 1.82) is 0 Å². The highest BCUT2D eigenvalue weighted by Gasteiger charge is 1.92. The molecule has 0 aliphatic rings. The maximum Gasteiger partial charge on any atom is -0.0169 e. The van der Waals surface area contributed by atoms with Crippen LogP contribution in [-0.4, -0.2) is 0 Å². The number of allylic oxidation sites excluding steroid dienone is 6. The molecule has 0 bridgehead atoms. The highest BCUT2D eigenvalue weighted by atomic mass is 14.0. The van der Waals surface area contributed by atoms with Crippen LogP contribution < -0.4 is 0 Å². The molecule has 0 nitrogen and oxygen atoms in total. The zero-order valence-electron chi connectivity index (χ0n) is 16.1. The minimum atomic E-state index is 1.08. The minimum Gasteiger partial charge on any atom is -0.0885 e. The summed E-state index contributed by atoms with van der Waals surface area (Å²) in [5.41, 5.74) is 0. The first-order valence-electron chi connectivity index (χ1n) is 10.4. The third-order valence-electron chi connectivity index (χ3n) is 4.25. The van der Waals surface area contributed by atoms with Crippen molar-refractivity contribution in [1.82, 2.24) is 0 Å². The van der Waals surface area contributed by atoms with Crippen molar-refractivity contribution in [2.24, 2.45) is 0 Å². The lowest BCUT2D eigenvalue weighted by Gasteiger charge is -2.01. The van der Waals surface area contributed by atoms with Crippen LogP contribution in [0.4, 0.5) is 0 Å². The predicted molar refractivity (Wildman–Crippen MR) is 108 cm³/mol. The first-order valence-corrected chi connectivity index (χ1v) is 10.4. The van der Waals surface area contributed by atoms with E-state index in [0.717, 1.165) is 19.3 Å². The van der Waals surface area contributed by atoms with Gasteiger partial charge >= 0.3 is 0 Å². The molecule has 0 aromatic rings. The summed E-state index contributed by atoms with van der Waals surface area (Å²) in [7, 11) is 0. The summed E-state index contributed by atoms with van der Waals surface area (Å²) < 4.78 is 0. The van der Waals surface area contributed by atoms with E-state index in [1.807, 2.05) is 0 Å². The van der Waals surface area contributed by atoms with Crippen molar-refractivity contribution >= 4 is 0 Å². The van der Waals surface area contributed by atoms with Crippen LogP contribution in [0.1, 0.15) is 110 Å². The zero-order chi connectivity index (χ0) is 16.8. The molecule has 0 radical (unpaired) electrons. The molecule has 23 heavy (non-hydrogen) atoms. The van der Waals surface area contributed by atoms with Gasteiger partial charge in [-0.25, -0.2) is 0 Å². The van der Waals surface area contributed by atoms with E-state index in [0.29, 0.717) is 0 Å². The van der Waals surface area contributed by atoms with Crippen LogP contribution in [0.15, 0.2) is 36.5 Å². The van der Waals surface area contributed by atoms with Gasteiger partial charge in [-0.15, -0.1) is 0 Å². The normalized spacial score (nSPS) is 12.3. The van der Waals surface area contributed by atoms with Crippen LogP contribution in [0.25, 0.3) is 0 Å². The fourth-order valence-corrected chi connectivity index (χ4v) is 2.75. The Kier molecular flexibility index (Phi) is 20.5. The molecule has 0 saturated carbocycles. The second kappa shape index (κ2) is 21.2. The third-order valence-corrected chi connectivity index (χ3v) is 4.25. The fraction of sp³-hybridized carbons (Fsp3) is 0.739. The second-order valence-electron chi connectivity index (χ2n) is 6.62. The first kappa shape index (κ1) is 22.2. The SMILES string of the molecule is CCC=CCC=CCC=CCCCCCCCCCCCCC. The number of hydrogen-bond donors (Lipinski definition) is 0. The van der Waals surface area contributed by atoms with Gasteiger partial charge in [0.15, 0.2) is 0 Å². The van der Waals surface area contributed by atoms with Gasteiger partial charge in [0.1, 0.15) is 0 Å². The lowest BCUT2D eigenvalue weighted by atomic mass is 10.1. The summed E-state index contributed by atoms with van der Waals surface area (Å²) in [5.74, 6) is 0.